The Balaban J connectivity index is 1.57. The van der Waals surface area contributed by atoms with Crippen molar-refractivity contribution in [2.45, 2.75) is 13.3 Å². The second kappa shape index (κ2) is 8.51. The lowest BCUT2D eigenvalue weighted by Crippen LogP contribution is -2.17. The summed E-state index contributed by atoms with van der Waals surface area (Å²) in [6.45, 7) is 1.79. The Bertz CT molecular complexity index is 1280. The predicted molar refractivity (Wildman–Crippen MR) is 117 cm³/mol. The lowest BCUT2D eigenvalue weighted by atomic mass is 9.96. The van der Waals surface area contributed by atoms with Gasteiger partial charge < -0.3 is 9.47 Å². The number of alkyl halides is 3. The summed E-state index contributed by atoms with van der Waals surface area (Å²) in [6, 6.07) is 16.2. The fourth-order valence-corrected chi connectivity index (χ4v) is 4.17. The number of benzene rings is 3. The average Bonchev–Trinajstić information content (AvgIpc) is 3.14. The summed E-state index contributed by atoms with van der Waals surface area (Å²) in [5.41, 5.74) is 3.27. The molecule has 0 saturated heterocycles. The Morgan fingerprint density at radius 1 is 1.03 bits per heavy atom. The number of hydrogen-bond donors (Lipinski definition) is 1. The molecule has 0 saturated carbocycles. The van der Waals surface area contributed by atoms with Crippen LogP contribution in [0, 0.1) is 6.92 Å². The first-order chi connectivity index (χ1) is 15.2. The third-order valence-electron chi connectivity index (χ3n) is 4.79. The SMILES string of the molecule is COc1ccc2nc(NC(=O)c3cccc(-c4ccc(OC(F)(F)F)cc4)c3C)sc2c1. The van der Waals surface area contributed by atoms with E-state index in [1.165, 1.54) is 35.6 Å². The van der Waals surface area contributed by atoms with Crippen molar-refractivity contribution in [3.63, 3.8) is 0 Å². The number of thiazole rings is 1. The number of rotatable bonds is 5. The van der Waals surface area contributed by atoms with Crippen molar-refractivity contribution < 1.29 is 27.4 Å². The molecule has 9 heteroatoms. The van der Waals surface area contributed by atoms with E-state index in [1.807, 2.05) is 12.1 Å². The van der Waals surface area contributed by atoms with Crippen molar-refractivity contribution in [1.82, 2.24) is 4.98 Å². The number of hydrogen-bond acceptors (Lipinski definition) is 5. The number of methoxy groups -OCH3 is 1. The smallest absolute Gasteiger partial charge is 0.497 e. The van der Waals surface area contributed by atoms with E-state index in [9.17, 15) is 18.0 Å². The van der Waals surface area contributed by atoms with Crippen LogP contribution < -0.4 is 14.8 Å². The molecule has 0 aliphatic carbocycles. The van der Waals surface area contributed by atoms with Crippen molar-refractivity contribution >= 4 is 32.6 Å². The number of amides is 1. The molecule has 3 aromatic carbocycles. The van der Waals surface area contributed by atoms with Gasteiger partial charge in [-0.1, -0.05) is 35.6 Å². The number of anilines is 1. The van der Waals surface area contributed by atoms with E-state index in [0.717, 1.165) is 15.8 Å². The first kappa shape index (κ1) is 21.6. The van der Waals surface area contributed by atoms with Crippen LogP contribution in [0.4, 0.5) is 18.3 Å². The van der Waals surface area contributed by atoms with Crippen LogP contribution in [0.1, 0.15) is 15.9 Å². The van der Waals surface area contributed by atoms with E-state index < -0.39 is 6.36 Å². The summed E-state index contributed by atoms with van der Waals surface area (Å²) in [4.78, 5) is 17.3. The topological polar surface area (TPSA) is 60.5 Å². The van der Waals surface area contributed by atoms with Crippen LogP contribution in [0.3, 0.4) is 0 Å². The van der Waals surface area contributed by atoms with E-state index >= 15 is 0 Å². The Morgan fingerprint density at radius 3 is 2.44 bits per heavy atom. The van der Waals surface area contributed by atoms with Gasteiger partial charge in [-0.05, 0) is 60.0 Å². The highest BCUT2D eigenvalue weighted by atomic mass is 32.1. The average molecular weight is 458 g/mol. The Labute approximate surface area is 185 Å². The quantitative estimate of drug-likeness (QED) is 0.374. The van der Waals surface area contributed by atoms with Crippen LogP contribution in [0.2, 0.25) is 0 Å². The van der Waals surface area contributed by atoms with Crippen molar-refractivity contribution in [3.05, 3.63) is 71.8 Å². The number of halogens is 3. The number of nitrogens with one attached hydrogen (secondary N) is 1. The molecule has 1 N–H and O–H groups in total. The zero-order chi connectivity index (χ0) is 22.9. The van der Waals surface area contributed by atoms with Crippen LogP contribution in [0.25, 0.3) is 21.3 Å². The molecule has 0 radical (unpaired) electrons. The molecular weight excluding hydrogens is 441 g/mol. The summed E-state index contributed by atoms with van der Waals surface area (Å²) in [5.74, 6) is 0.0712. The number of carbonyl (C=O) groups excluding carboxylic acids is 1. The highest BCUT2D eigenvalue weighted by Gasteiger charge is 2.31. The van der Waals surface area contributed by atoms with Crippen LogP contribution >= 0.6 is 11.3 Å². The molecule has 0 aliphatic heterocycles. The second-order valence-corrected chi connectivity index (χ2v) is 7.89. The van der Waals surface area contributed by atoms with E-state index in [0.29, 0.717) is 27.6 Å². The van der Waals surface area contributed by atoms with E-state index in [2.05, 4.69) is 15.0 Å². The Kier molecular flexibility index (Phi) is 5.75. The molecule has 164 valence electrons. The molecule has 1 aromatic heterocycles. The van der Waals surface area contributed by atoms with E-state index in [4.69, 9.17) is 4.74 Å². The molecule has 1 amide bonds. The number of carbonyl (C=O) groups is 1. The molecule has 0 bridgehead atoms. The van der Waals surface area contributed by atoms with Crippen molar-refractivity contribution in [2.75, 3.05) is 12.4 Å². The first-order valence-corrected chi connectivity index (χ1v) is 10.3. The second-order valence-electron chi connectivity index (χ2n) is 6.86. The minimum absolute atomic E-state index is 0.305. The highest BCUT2D eigenvalue weighted by molar-refractivity contribution is 7.22. The molecule has 32 heavy (non-hydrogen) atoms. The molecule has 0 spiro atoms. The van der Waals surface area contributed by atoms with Crippen molar-refractivity contribution in [1.29, 1.82) is 0 Å². The van der Waals surface area contributed by atoms with Gasteiger partial charge in [-0.25, -0.2) is 4.98 Å². The van der Waals surface area contributed by atoms with E-state index in [1.54, 1.807) is 38.3 Å². The first-order valence-electron chi connectivity index (χ1n) is 9.45. The van der Waals surface area contributed by atoms with Crippen molar-refractivity contribution in [3.8, 4) is 22.6 Å². The van der Waals surface area contributed by atoms with Crippen LogP contribution in [0.5, 0.6) is 11.5 Å². The third-order valence-corrected chi connectivity index (χ3v) is 5.73. The van der Waals surface area contributed by atoms with Gasteiger partial charge in [0.1, 0.15) is 11.5 Å². The number of ether oxygens (including phenoxy) is 2. The van der Waals surface area contributed by atoms with Gasteiger partial charge in [0.25, 0.3) is 5.91 Å². The van der Waals surface area contributed by atoms with Gasteiger partial charge >= 0.3 is 6.36 Å². The van der Waals surface area contributed by atoms with Gasteiger partial charge in [0.15, 0.2) is 5.13 Å². The monoisotopic (exact) mass is 458 g/mol. The van der Waals surface area contributed by atoms with Crippen molar-refractivity contribution in [2.24, 2.45) is 0 Å². The van der Waals surface area contributed by atoms with Crippen LogP contribution in [-0.4, -0.2) is 24.4 Å². The fraction of sp³-hybridized carbons (Fsp3) is 0.130. The van der Waals surface area contributed by atoms with Gasteiger partial charge in [-0.2, -0.15) is 0 Å². The van der Waals surface area contributed by atoms with E-state index in [-0.39, 0.29) is 11.7 Å². The lowest BCUT2D eigenvalue weighted by Gasteiger charge is -2.12. The summed E-state index contributed by atoms with van der Waals surface area (Å²) in [7, 11) is 1.58. The molecule has 5 nitrogen and oxygen atoms in total. The minimum Gasteiger partial charge on any atom is -0.497 e. The Morgan fingerprint density at radius 2 is 1.75 bits per heavy atom. The van der Waals surface area contributed by atoms with Gasteiger partial charge in [0, 0.05) is 5.56 Å². The summed E-state index contributed by atoms with van der Waals surface area (Å²) in [6.07, 6.45) is -4.75. The van der Waals surface area contributed by atoms with Crippen LogP contribution in [0.15, 0.2) is 60.7 Å². The predicted octanol–water partition coefficient (Wildman–Crippen LogP) is 6.43. The molecular formula is C23H17F3N2O3S. The fourth-order valence-electron chi connectivity index (χ4n) is 3.28. The molecule has 0 fully saturated rings. The number of fused-ring (bicyclic) bond motifs is 1. The molecule has 4 rings (SSSR count). The zero-order valence-electron chi connectivity index (χ0n) is 17.0. The van der Waals surface area contributed by atoms with Gasteiger partial charge in [-0.15, -0.1) is 13.2 Å². The summed E-state index contributed by atoms with van der Waals surface area (Å²) >= 11 is 1.33. The number of nitrogens with zero attached hydrogens (tertiary/aromatic N) is 1. The Hall–Kier alpha value is -3.59. The van der Waals surface area contributed by atoms with Gasteiger partial charge in [0.05, 0.1) is 17.3 Å². The molecule has 0 unspecified atom stereocenters. The third kappa shape index (κ3) is 4.67. The zero-order valence-corrected chi connectivity index (χ0v) is 17.8. The normalized spacial score (nSPS) is 11.4. The number of aromatic nitrogens is 1. The summed E-state index contributed by atoms with van der Waals surface area (Å²) < 4.78 is 47.1. The van der Waals surface area contributed by atoms with Crippen LogP contribution in [-0.2, 0) is 0 Å². The maximum absolute atomic E-state index is 12.9. The summed E-state index contributed by atoms with van der Waals surface area (Å²) in [5, 5.41) is 3.28. The molecule has 0 aliphatic rings. The molecule has 4 aromatic rings. The van der Waals surface area contributed by atoms with Gasteiger partial charge in [-0.3, -0.25) is 10.1 Å². The molecule has 1 heterocycles. The maximum Gasteiger partial charge on any atom is 0.573 e. The standard InChI is InChI=1S/C23H17F3N2O3S/c1-13-17(14-6-8-15(9-7-14)31-23(24,25)26)4-3-5-18(13)21(29)28-22-27-19-11-10-16(30-2)12-20(19)32-22/h3-12H,1-2H3,(H,27,28,29). The largest absolute Gasteiger partial charge is 0.573 e. The van der Waals surface area contributed by atoms with Gasteiger partial charge in [0.2, 0.25) is 0 Å². The minimum atomic E-state index is -4.75. The lowest BCUT2D eigenvalue weighted by molar-refractivity contribution is -0.274. The maximum atomic E-state index is 12.9. The molecule has 0 atom stereocenters. The highest BCUT2D eigenvalue weighted by Crippen LogP contribution is 2.32.